The van der Waals surface area contributed by atoms with Gasteiger partial charge in [-0.2, -0.15) is 0 Å². The van der Waals surface area contributed by atoms with Gasteiger partial charge >= 0.3 is 0 Å². The molecule has 0 aliphatic rings. The largest absolute Gasteiger partial charge is 0.496 e. The van der Waals surface area contributed by atoms with E-state index in [9.17, 15) is 0 Å². The first kappa shape index (κ1) is 14.7. The van der Waals surface area contributed by atoms with Crippen molar-refractivity contribution >= 4 is 23.5 Å². The molecule has 2 nitrogen and oxygen atoms in total. The zero-order chi connectivity index (χ0) is 14.4. The predicted octanol–water partition coefficient (Wildman–Crippen LogP) is 4.89. The van der Waals surface area contributed by atoms with Crippen molar-refractivity contribution in [1.82, 2.24) is 0 Å². The quantitative estimate of drug-likeness (QED) is 0.753. The molecule has 0 saturated heterocycles. The summed E-state index contributed by atoms with van der Waals surface area (Å²) < 4.78 is 11.0. The molecule has 2 aromatic rings. The Morgan fingerprint density at radius 1 is 1.10 bits per heavy atom. The Morgan fingerprint density at radius 3 is 2.30 bits per heavy atom. The van der Waals surface area contributed by atoms with Gasteiger partial charge in [0.15, 0.2) is 0 Å². The van der Waals surface area contributed by atoms with Crippen LogP contribution in [0.25, 0.3) is 12.2 Å². The Balaban J connectivity index is 2.34. The summed E-state index contributed by atoms with van der Waals surface area (Å²) in [5, 5.41) is 2.07. The zero-order valence-corrected chi connectivity index (χ0v) is 13.0. The van der Waals surface area contributed by atoms with E-state index in [1.165, 1.54) is 4.88 Å². The molecule has 106 valence electrons. The van der Waals surface area contributed by atoms with Gasteiger partial charge in [-0.3, -0.25) is 0 Å². The van der Waals surface area contributed by atoms with E-state index in [2.05, 4.69) is 48.7 Å². The normalized spacial score (nSPS) is 10.9. The lowest BCUT2D eigenvalue weighted by Crippen LogP contribution is -1.97. The minimum absolute atomic E-state index is 0.900. The number of benzene rings is 1. The molecule has 0 fully saturated rings. The molecule has 20 heavy (non-hydrogen) atoms. The van der Waals surface area contributed by atoms with Gasteiger partial charge < -0.3 is 9.47 Å². The third-order valence-electron chi connectivity index (χ3n) is 3.11. The summed E-state index contributed by atoms with van der Waals surface area (Å²) in [7, 11) is 3.42. The standard InChI is InChI=1S/C17H20O2S/c1-4-6-15-16(18-2)11-13(12-17(15)19-3)8-9-14-7-5-10-20-14/h5,7-12H,4,6H2,1-3H3. The molecular formula is C17H20O2S. The molecule has 2 rings (SSSR count). The van der Waals surface area contributed by atoms with Gasteiger partial charge in [0, 0.05) is 10.4 Å². The van der Waals surface area contributed by atoms with E-state index in [4.69, 9.17) is 9.47 Å². The van der Waals surface area contributed by atoms with Crippen LogP contribution in [0.5, 0.6) is 11.5 Å². The van der Waals surface area contributed by atoms with E-state index in [1.807, 2.05) is 0 Å². The first-order valence-corrected chi connectivity index (χ1v) is 7.63. The molecule has 0 N–H and O–H groups in total. The number of hydrogen-bond acceptors (Lipinski definition) is 3. The predicted molar refractivity (Wildman–Crippen MR) is 86.8 cm³/mol. The van der Waals surface area contributed by atoms with Crippen LogP contribution in [0.2, 0.25) is 0 Å². The van der Waals surface area contributed by atoms with Crippen LogP contribution >= 0.6 is 11.3 Å². The van der Waals surface area contributed by atoms with Crippen molar-refractivity contribution in [2.24, 2.45) is 0 Å². The maximum atomic E-state index is 5.51. The average Bonchev–Trinajstić information content (AvgIpc) is 2.99. The van der Waals surface area contributed by atoms with E-state index >= 15 is 0 Å². The lowest BCUT2D eigenvalue weighted by molar-refractivity contribution is 0.385. The van der Waals surface area contributed by atoms with Crippen molar-refractivity contribution in [2.45, 2.75) is 19.8 Å². The molecule has 0 radical (unpaired) electrons. The first-order chi connectivity index (χ1) is 9.78. The fourth-order valence-electron chi connectivity index (χ4n) is 2.16. The number of ether oxygens (including phenoxy) is 2. The third-order valence-corrected chi connectivity index (χ3v) is 3.95. The zero-order valence-electron chi connectivity index (χ0n) is 12.2. The minimum atomic E-state index is 0.900. The summed E-state index contributed by atoms with van der Waals surface area (Å²) in [4.78, 5) is 1.24. The summed E-state index contributed by atoms with van der Waals surface area (Å²) in [5.74, 6) is 1.80. The van der Waals surface area contributed by atoms with Crippen molar-refractivity contribution in [3.63, 3.8) is 0 Å². The number of hydrogen-bond donors (Lipinski definition) is 0. The maximum Gasteiger partial charge on any atom is 0.126 e. The molecule has 0 bridgehead atoms. The van der Waals surface area contributed by atoms with E-state index in [-0.39, 0.29) is 0 Å². The topological polar surface area (TPSA) is 18.5 Å². The highest BCUT2D eigenvalue weighted by Crippen LogP contribution is 2.32. The van der Waals surface area contributed by atoms with Crippen LogP contribution in [0.4, 0.5) is 0 Å². The smallest absolute Gasteiger partial charge is 0.126 e. The molecule has 0 amide bonds. The van der Waals surface area contributed by atoms with E-state index in [1.54, 1.807) is 25.6 Å². The summed E-state index contributed by atoms with van der Waals surface area (Å²) in [6.07, 6.45) is 6.23. The highest BCUT2D eigenvalue weighted by Gasteiger charge is 2.10. The molecule has 1 aromatic heterocycles. The SMILES string of the molecule is CCCc1c(OC)cc(C=Cc2cccs2)cc1OC. The van der Waals surface area contributed by atoms with Crippen molar-refractivity contribution < 1.29 is 9.47 Å². The van der Waals surface area contributed by atoms with Crippen LogP contribution in [-0.4, -0.2) is 14.2 Å². The van der Waals surface area contributed by atoms with Crippen LogP contribution in [0.3, 0.4) is 0 Å². The Hall–Kier alpha value is -1.74. The summed E-state index contributed by atoms with van der Waals surface area (Å²) in [6, 6.07) is 8.28. The first-order valence-electron chi connectivity index (χ1n) is 6.75. The maximum absolute atomic E-state index is 5.51. The highest BCUT2D eigenvalue weighted by atomic mass is 32.1. The van der Waals surface area contributed by atoms with Crippen LogP contribution in [-0.2, 0) is 6.42 Å². The number of rotatable bonds is 6. The Labute approximate surface area is 124 Å². The fourth-order valence-corrected chi connectivity index (χ4v) is 2.78. The van der Waals surface area contributed by atoms with Crippen molar-refractivity contribution in [3.8, 4) is 11.5 Å². The highest BCUT2D eigenvalue weighted by molar-refractivity contribution is 7.10. The second-order valence-electron chi connectivity index (χ2n) is 4.50. The molecule has 0 spiro atoms. The molecule has 0 aliphatic carbocycles. The molecule has 1 aromatic carbocycles. The van der Waals surface area contributed by atoms with Gasteiger partial charge in [-0.05, 0) is 41.6 Å². The summed E-state index contributed by atoms with van der Waals surface area (Å²) >= 11 is 1.72. The van der Waals surface area contributed by atoms with Gasteiger partial charge in [-0.15, -0.1) is 11.3 Å². The van der Waals surface area contributed by atoms with Gasteiger partial charge in [-0.25, -0.2) is 0 Å². The minimum Gasteiger partial charge on any atom is -0.496 e. The van der Waals surface area contributed by atoms with E-state index < -0.39 is 0 Å². The van der Waals surface area contributed by atoms with Crippen LogP contribution in [0.1, 0.15) is 29.3 Å². The van der Waals surface area contributed by atoms with Gasteiger partial charge in [-0.1, -0.05) is 25.5 Å². The Kier molecular flexibility index (Phi) is 5.24. The molecule has 0 atom stereocenters. The number of thiophene rings is 1. The average molecular weight is 288 g/mol. The van der Waals surface area contributed by atoms with Crippen LogP contribution in [0.15, 0.2) is 29.6 Å². The summed E-state index contributed by atoms with van der Waals surface area (Å²) in [5.41, 5.74) is 2.23. The van der Waals surface area contributed by atoms with Gasteiger partial charge in [0.2, 0.25) is 0 Å². The lowest BCUT2D eigenvalue weighted by atomic mass is 10.0. The van der Waals surface area contributed by atoms with Gasteiger partial charge in [0.1, 0.15) is 11.5 Å². The van der Waals surface area contributed by atoms with Crippen LogP contribution in [0, 0.1) is 0 Å². The van der Waals surface area contributed by atoms with Gasteiger partial charge in [0.05, 0.1) is 14.2 Å². The van der Waals surface area contributed by atoms with Crippen molar-refractivity contribution in [1.29, 1.82) is 0 Å². The molecule has 1 heterocycles. The van der Waals surface area contributed by atoms with Crippen molar-refractivity contribution in [3.05, 3.63) is 45.6 Å². The molecule has 0 unspecified atom stereocenters. The third kappa shape index (κ3) is 3.42. The monoisotopic (exact) mass is 288 g/mol. The fraction of sp³-hybridized carbons (Fsp3) is 0.294. The second kappa shape index (κ2) is 7.15. The lowest BCUT2D eigenvalue weighted by Gasteiger charge is -2.13. The molecule has 3 heteroatoms. The van der Waals surface area contributed by atoms with E-state index in [0.717, 1.165) is 35.5 Å². The molecular weight excluding hydrogens is 268 g/mol. The van der Waals surface area contributed by atoms with Gasteiger partial charge in [0.25, 0.3) is 0 Å². The Bertz CT molecular complexity index is 546. The van der Waals surface area contributed by atoms with Crippen LogP contribution < -0.4 is 9.47 Å². The number of methoxy groups -OCH3 is 2. The molecule has 0 aliphatic heterocycles. The second-order valence-corrected chi connectivity index (χ2v) is 5.48. The molecule has 0 saturated carbocycles. The Morgan fingerprint density at radius 2 is 1.80 bits per heavy atom. The van der Waals surface area contributed by atoms with E-state index in [0.29, 0.717) is 0 Å². The van der Waals surface area contributed by atoms with Crippen molar-refractivity contribution in [2.75, 3.05) is 14.2 Å². The summed E-state index contributed by atoms with van der Waals surface area (Å²) in [6.45, 7) is 2.16.